The third-order valence-electron chi connectivity index (χ3n) is 3.85. The van der Waals surface area contributed by atoms with Crippen LogP contribution < -0.4 is 0 Å². The highest BCUT2D eigenvalue weighted by molar-refractivity contribution is 6.36. The maximum absolute atomic E-state index is 12.3. The van der Waals surface area contributed by atoms with E-state index in [1.807, 2.05) is 14.1 Å². The van der Waals surface area contributed by atoms with Gasteiger partial charge in [0.15, 0.2) is 0 Å². The van der Waals surface area contributed by atoms with Gasteiger partial charge < -0.3 is 9.64 Å². The maximum Gasteiger partial charge on any atom is 0.339 e. The molecule has 0 aliphatic heterocycles. The molecule has 0 heterocycles. The van der Waals surface area contributed by atoms with Crippen LogP contribution in [0.4, 0.5) is 0 Å². The lowest BCUT2D eigenvalue weighted by atomic mass is 9.86. The average molecular weight is 330 g/mol. The Hall–Kier alpha value is -0.770. The number of hydrogen-bond donors (Lipinski definition) is 0. The highest BCUT2D eigenvalue weighted by atomic mass is 35.5. The first-order valence-corrected chi connectivity index (χ1v) is 8.03. The molecule has 2 rings (SSSR count). The lowest BCUT2D eigenvalue weighted by molar-refractivity contribution is -0.00322. The van der Waals surface area contributed by atoms with Gasteiger partial charge in [-0.05, 0) is 51.6 Å². The smallest absolute Gasteiger partial charge is 0.339 e. The summed E-state index contributed by atoms with van der Waals surface area (Å²) in [5, 5.41) is 0.854. The second-order valence-electron chi connectivity index (χ2n) is 5.87. The Morgan fingerprint density at radius 2 is 2.00 bits per heavy atom. The lowest BCUT2D eigenvalue weighted by Crippen LogP contribution is -2.36. The van der Waals surface area contributed by atoms with E-state index >= 15 is 0 Å². The number of ether oxygens (including phenoxy) is 1. The largest absolute Gasteiger partial charge is 0.458 e. The number of benzene rings is 1. The summed E-state index contributed by atoms with van der Waals surface area (Å²) in [6.07, 6.45) is 4.31. The Balaban J connectivity index is 2.06. The molecule has 0 spiro atoms. The SMILES string of the molecule is CN(C)C[C@H]1CCCC[C@H]1OC(=O)c1ccc(Cl)cc1Cl. The van der Waals surface area contributed by atoms with Crippen LogP contribution in [-0.2, 0) is 4.74 Å². The minimum absolute atomic E-state index is 0.0274. The first kappa shape index (κ1) is 16.6. The van der Waals surface area contributed by atoms with Gasteiger partial charge in [-0.25, -0.2) is 4.79 Å². The van der Waals surface area contributed by atoms with E-state index < -0.39 is 0 Å². The molecule has 0 N–H and O–H groups in total. The van der Waals surface area contributed by atoms with Crippen molar-refractivity contribution in [1.29, 1.82) is 0 Å². The third kappa shape index (κ3) is 4.60. The molecule has 1 aromatic carbocycles. The zero-order valence-corrected chi connectivity index (χ0v) is 14.0. The standard InChI is InChI=1S/C16H21Cl2NO2/c1-19(2)10-11-5-3-4-6-15(11)21-16(20)13-8-7-12(17)9-14(13)18/h7-9,11,15H,3-6,10H2,1-2H3/t11-,15-/m1/s1. The second kappa shape index (κ2) is 7.48. The summed E-state index contributed by atoms with van der Waals surface area (Å²) in [5.41, 5.74) is 0.384. The molecule has 0 unspecified atom stereocenters. The Labute approximate surface area is 136 Å². The van der Waals surface area contributed by atoms with Crippen LogP contribution in [0.2, 0.25) is 10.0 Å². The van der Waals surface area contributed by atoms with Crippen LogP contribution in [0.1, 0.15) is 36.0 Å². The van der Waals surface area contributed by atoms with Gasteiger partial charge in [-0.3, -0.25) is 0 Å². The number of hydrogen-bond acceptors (Lipinski definition) is 3. The monoisotopic (exact) mass is 329 g/mol. The van der Waals surface area contributed by atoms with Crippen LogP contribution in [0.5, 0.6) is 0 Å². The summed E-state index contributed by atoms with van der Waals surface area (Å²) in [6.45, 7) is 0.937. The van der Waals surface area contributed by atoms with E-state index in [2.05, 4.69) is 4.90 Å². The van der Waals surface area contributed by atoms with Crippen molar-refractivity contribution in [3.8, 4) is 0 Å². The van der Waals surface area contributed by atoms with Crippen molar-refractivity contribution in [2.24, 2.45) is 5.92 Å². The minimum Gasteiger partial charge on any atom is -0.458 e. The van der Waals surface area contributed by atoms with Crippen LogP contribution >= 0.6 is 23.2 Å². The first-order chi connectivity index (χ1) is 9.97. The van der Waals surface area contributed by atoms with Crippen LogP contribution in [0.15, 0.2) is 18.2 Å². The van der Waals surface area contributed by atoms with E-state index in [9.17, 15) is 4.79 Å². The summed E-state index contributed by atoms with van der Waals surface area (Å²) in [5.74, 6) is 0.0381. The van der Waals surface area contributed by atoms with Gasteiger partial charge >= 0.3 is 5.97 Å². The van der Waals surface area contributed by atoms with E-state index in [1.165, 1.54) is 6.42 Å². The van der Waals surface area contributed by atoms with Gasteiger partial charge in [0.25, 0.3) is 0 Å². The predicted molar refractivity (Wildman–Crippen MR) is 86.2 cm³/mol. The number of carbonyl (C=O) groups is 1. The van der Waals surface area contributed by atoms with Gasteiger partial charge in [0.1, 0.15) is 6.10 Å². The summed E-state index contributed by atoms with van der Waals surface area (Å²) in [6, 6.07) is 4.84. The molecule has 1 fully saturated rings. The van der Waals surface area contributed by atoms with Gasteiger partial charge in [0, 0.05) is 17.5 Å². The molecule has 0 saturated heterocycles. The van der Waals surface area contributed by atoms with Crippen LogP contribution in [0.25, 0.3) is 0 Å². The fourth-order valence-electron chi connectivity index (χ4n) is 2.86. The Kier molecular flexibility index (Phi) is 5.91. The van der Waals surface area contributed by atoms with E-state index in [4.69, 9.17) is 27.9 Å². The molecule has 5 heteroatoms. The van der Waals surface area contributed by atoms with Crippen LogP contribution in [-0.4, -0.2) is 37.6 Å². The number of halogens is 2. The van der Waals surface area contributed by atoms with Crippen molar-refractivity contribution < 1.29 is 9.53 Å². The van der Waals surface area contributed by atoms with Gasteiger partial charge in [-0.1, -0.05) is 29.6 Å². The fourth-order valence-corrected chi connectivity index (χ4v) is 3.35. The van der Waals surface area contributed by atoms with Crippen molar-refractivity contribution in [2.75, 3.05) is 20.6 Å². The van der Waals surface area contributed by atoms with Crippen molar-refractivity contribution in [3.05, 3.63) is 33.8 Å². The summed E-state index contributed by atoms with van der Waals surface area (Å²) >= 11 is 11.9. The molecular formula is C16H21Cl2NO2. The van der Waals surface area contributed by atoms with Crippen LogP contribution in [0, 0.1) is 5.92 Å². The Morgan fingerprint density at radius 3 is 2.67 bits per heavy atom. The van der Waals surface area contributed by atoms with Crippen molar-refractivity contribution in [2.45, 2.75) is 31.8 Å². The number of nitrogens with zero attached hydrogens (tertiary/aromatic N) is 1. The maximum atomic E-state index is 12.3. The topological polar surface area (TPSA) is 29.5 Å². The molecule has 1 saturated carbocycles. The average Bonchev–Trinajstić information content (AvgIpc) is 2.40. The highest BCUT2D eigenvalue weighted by Gasteiger charge is 2.29. The van der Waals surface area contributed by atoms with Gasteiger partial charge in [0.05, 0.1) is 10.6 Å². The molecule has 3 nitrogen and oxygen atoms in total. The zero-order chi connectivity index (χ0) is 15.4. The molecule has 1 aliphatic carbocycles. The summed E-state index contributed by atoms with van der Waals surface area (Å²) < 4.78 is 5.72. The normalized spacial score (nSPS) is 22.3. The number of carbonyl (C=O) groups excluding carboxylic acids is 1. The van der Waals surface area contributed by atoms with E-state index in [1.54, 1.807) is 18.2 Å². The summed E-state index contributed by atoms with van der Waals surface area (Å²) in [7, 11) is 4.09. The molecule has 1 aliphatic rings. The molecule has 0 amide bonds. The quantitative estimate of drug-likeness (QED) is 0.772. The van der Waals surface area contributed by atoms with E-state index in [-0.39, 0.29) is 12.1 Å². The van der Waals surface area contributed by atoms with E-state index in [0.717, 1.165) is 25.8 Å². The number of rotatable bonds is 4. The lowest BCUT2D eigenvalue weighted by Gasteiger charge is -2.33. The molecule has 0 aromatic heterocycles. The van der Waals surface area contributed by atoms with Crippen LogP contribution in [0.3, 0.4) is 0 Å². The van der Waals surface area contributed by atoms with Gasteiger partial charge in [-0.2, -0.15) is 0 Å². The Bertz CT molecular complexity index is 505. The number of esters is 1. The molecule has 21 heavy (non-hydrogen) atoms. The fraction of sp³-hybridized carbons (Fsp3) is 0.562. The van der Waals surface area contributed by atoms with Gasteiger partial charge in [0.2, 0.25) is 0 Å². The van der Waals surface area contributed by atoms with Crippen molar-refractivity contribution in [3.63, 3.8) is 0 Å². The van der Waals surface area contributed by atoms with E-state index in [0.29, 0.717) is 21.5 Å². The van der Waals surface area contributed by atoms with Gasteiger partial charge in [-0.15, -0.1) is 0 Å². The molecule has 0 bridgehead atoms. The second-order valence-corrected chi connectivity index (χ2v) is 6.72. The Morgan fingerprint density at radius 1 is 1.29 bits per heavy atom. The minimum atomic E-state index is -0.354. The van der Waals surface area contributed by atoms with Crippen molar-refractivity contribution in [1.82, 2.24) is 4.90 Å². The molecule has 1 aromatic rings. The molecular weight excluding hydrogens is 309 g/mol. The molecule has 116 valence electrons. The van der Waals surface area contributed by atoms with Crippen molar-refractivity contribution >= 4 is 29.2 Å². The molecule has 0 radical (unpaired) electrons. The highest BCUT2D eigenvalue weighted by Crippen LogP contribution is 2.29. The predicted octanol–water partition coefficient (Wildman–Crippen LogP) is 4.27. The third-order valence-corrected chi connectivity index (χ3v) is 4.40. The first-order valence-electron chi connectivity index (χ1n) is 7.28. The molecule has 2 atom stereocenters. The zero-order valence-electron chi connectivity index (χ0n) is 12.4. The summed E-state index contributed by atoms with van der Waals surface area (Å²) in [4.78, 5) is 14.5.